The van der Waals surface area contributed by atoms with Crippen molar-refractivity contribution in [1.82, 2.24) is 4.90 Å². The number of Topliss-reactive ketones (excluding diaryl/α,β-unsaturated/α-hetero) is 1. The summed E-state index contributed by atoms with van der Waals surface area (Å²) in [6, 6.07) is 10.5. The quantitative estimate of drug-likeness (QED) is 0.747. The minimum absolute atomic E-state index is 0.0176. The zero-order valence-electron chi connectivity index (χ0n) is 15.7. The molecule has 0 fully saturated rings. The second kappa shape index (κ2) is 6.29. The van der Waals surface area contributed by atoms with Gasteiger partial charge >= 0.3 is 0 Å². The predicted molar refractivity (Wildman–Crippen MR) is 100 cm³/mol. The number of ether oxygens (including phenoxy) is 2. The lowest BCUT2D eigenvalue weighted by atomic mass is 9.98. The van der Waals surface area contributed by atoms with Gasteiger partial charge in [0, 0.05) is 13.1 Å². The molecule has 2 aromatic carbocycles. The van der Waals surface area contributed by atoms with Gasteiger partial charge in [-0.25, -0.2) is 0 Å². The highest BCUT2D eigenvalue weighted by molar-refractivity contribution is 6.14. The summed E-state index contributed by atoms with van der Waals surface area (Å²) in [7, 11) is 0. The first-order valence-corrected chi connectivity index (χ1v) is 8.91. The zero-order valence-corrected chi connectivity index (χ0v) is 15.7. The van der Waals surface area contributed by atoms with E-state index < -0.39 is 0 Å². The molecule has 0 bridgehead atoms. The van der Waals surface area contributed by atoms with Gasteiger partial charge in [0.25, 0.3) is 0 Å². The van der Waals surface area contributed by atoms with Crippen LogP contribution in [0.25, 0.3) is 0 Å². The molecule has 0 unspecified atom stereocenters. The molecule has 0 aromatic heterocycles. The predicted octanol–water partition coefficient (Wildman–Crippen LogP) is 4.52. The molecule has 0 atom stereocenters. The highest BCUT2D eigenvalue weighted by Crippen LogP contribution is 2.44. The first-order valence-electron chi connectivity index (χ1n) is 8.91. The number of carbonyl (C=O) groups excluding carboxylic acids is 1. The average Bonchev–Trinajstić information content (AvgIpc) is 2.96. The number of hydrogen-bond donors (Lipinski definition) is 0. The third kappa shape index (κ3) is 2.80. The number of allylic oxidation sites excluding steroid dienone is 2. The zero-order chi connectivity index (χ0) is 18.4. The molecule has 0 radical (unpaired) electrons. The van der Waals surface area contributed by atoms with Gasteiger partial charge in [-0.05, 0) is 50.5 Å². The van der Waals surface area contributed by atoms with E-state index in [2.05, 4.69) is 36.1 Å². The van der Waals surface area contributed by atoms with Gasteiger partial charge in [0.1, 0.15) is 18.2 Å². The lowest BCUT2D eigenvalue weighted by Crippen LogP contribution is -2.31. The Balaban J connectivity index is 1.67. The van der Waals surface area contributed by atoms with Gasteiger partial charge in [0.2, 0.25) is 5.78 Å². The number of aryl methyl sites for hydroxylation is 2. The van der Waals surface area contributed by atoms with Crippen molar-refractivity contribution in [2.75, 3.05) is 6.73 Å². The minimum atomic E-state index is -0.0176. The van der Waals surface area contributed by atoms with Gasteiger partial charge in [-0.2, -0.15) is 0 Å². The van der Waals surface area contributed by atoms with Crippen LogP contribution in [0.3, 0.4) is 0 Å². The fourth-order valence-electron chi connectivity index (χ4n) is 3.55. The molecule has 0 spiro atoms. The van der Waals surface area contributed by atoms with E-state index in [9.17, 15) is 4.79 Å². The van der Waals surface area contributed by atoms with E-state index in [0.29, 0.717) is 30.3 Å². The fourth-order valence-corrected chi connectivity index (χ4v) is 3.55. The Morgan fingerprint density at radius 2 is 1.88 bits per heavy atom. The van der Waals surface area contributed by atoms with E-state index in [0.717, 1.165) is 29.0 Å². The van der Waals surface area contributed by atoms with Gasteiger partial charge in [0.05, 0.1) is 11.1 Å². The normalized spacial score (nSPS) is 16.0. The smallest absolute Gasteiger partial charge is 0.232 e. The van der Waals surface area contributed by atoms with Crippen molar-refractivity contribution < 1.29 is 14.3 Å². The Labute approximate surface area is 154 Å². The van der Waals surface area contributed by atoms with Crippen LogP contribution in [-0.2, 0) is 13.1 Å². The number of hydrogen-bond acceptors (Lipinski definition) is 4. The molecule has 0 amide bonds. The molecule has 2 aliphatic rings. The van der Waals surface area contributed by atoms with Crippen molar-refractivity contribution in [3.63, 3.8) is 0 Å². The molecule has 4 heteroatoms. The summed E-state index contributed by atoms with van der Waals surface area (Å²) in [6.45, 7) is 9.87. The standard InChI is InChI=1S/C22H23NO3/c1-13(2)21-20(24)19-15(4)9-18-17(22(19)26-21)11-23(12-25-18)10-16-7-5-14(3)6-8-16/h5-9H,10-12H2,1-4H3. The van der Waals surface area contributed by atoms with E-state index in [-0.39, 0.29) is 5.78 Å². The number of benzene rings is 2. The van der Waals surface area contributed by atoms with Crippen LogP contribution in [0.4, 0.5) is 0 Å². The van der Waals surface area contributed by atoms with Gasteiger partial charge in [-0.15, -0.1) is 0 Å². The summed E-state index contributed by atoms with van der Waals surface area (Å²) in [5.74, 6) is 1.93. The second-order valence-electron chi connectivity index (χ2n) is 7.38. The maximum atomic E-state index is 12.7. The third-order valence-electron chi connectivity index (χ3n) is 4.94. The molecule has 2 aromatic rings. The fraction of sp³-hybridized carbons (Fsp3) is 0.318. The van der Waals surface area contributed by atoms with Crippen molar-refractivity contribution in [3.8, 4) is 11.5 Å². The Morgan fingerprint density at radius 3 is 2.58 bits per heavy atom. The Kier molecular flexibility index (Phi) is 4.08. The first-order chi connectivity index (χ1) is 12.4. The molecular formula is C22H23NO3. The summed E-state index contributed by atoms with van der Waals surface area (Å²) >= 11 is 0. The third-order valence-corrected chi connectivity index (χ3v) is 4.94. The molecule has 134 valence electrons. The van der Waals surface area contributed by atoms with Gasteiger partial charge in [0.15, 0.2) is 5.76 Å². The van der Waals surface area contributed by atoms with Crippen LogP contribution in [0, 0.1) is 13.8 Å². The summed E-state index contributed by atoms with van der Waals surface area (Å²) in [6.07, 6.45) is 0. The monoisotopic (exact) mass is 349 g/mol. The Hall–Kier alpha value is -2.59. The topological polar surface area (TPSA) is 38.8 Å². The van der Waals surface area contributed by atoms with E-state index in [4.69, 9.17) is 9.47 Å². The van der Waals surface area contributed by atoms with Crippen molar-refractivity contribution >= 4 is 5.78 Å². The van der Waals surface area contributed by atoms with Crippen LogP contribution in [-0.4, -0.2) is 17.4 Å². The number of carbonyl (C=O) groups is 1. The summed E-state index contributed by atoms with van der Waals surface area (Å²) < 4.78 is 12.0. The molecule has 0 N–H and O–H groups in total. The van der Waals surface area contributed by atoms with Crippen molar-refractivity contribution in [1.29, 1.82) is 0 Å². The molecule has 0 saturated heterocycles. The van der Waals surface area contributed by atoms with E-state index in [1.807, 2.05) is 26.8 Å². The van der Waals surface area contributed by atoms with E-state index >= 15 is 0 Å². The van der Waals surface area contributed by atoms with Crippen molar-refractivity contribution in [2.45, 2.75) is 40.8 Å². The lowest BCUT2D eigenvalue weighted by Gasteiger charge is -2.30. The minimum Gasteiger partial charge on any atom is -0.478 e. The molecule has 2 heterocycles. The van der Waals surface area contributed by atoms with Crippen LogP contribution in [0.5, 0.6) is 11.5 Å². The Morgan fingerprint density at radius 1 is 1.15 bits per heavy atom. The molecule has 4 nitrogen and oxygen atoms in total. The van der Waals surface area contributed by atoms with Crippen LogP contribution in [0.1, 0.15) is 46.5 Å². The molecule has 2 aliphatic heterocycles. The van der Waals surface area contributed by atoms with Crippen LogP contribution in [0.2, 0.25) is 0 Å². The number of fused-ring (bicyclic) bond motifs is 3. The molecular weight excluding hydrogens is 326 g/mol. The number of ketones is 1. The van der Waals surface area contributed by atoms with Crippen LogP contribution < -0.4 is 9.47 Å². The molecule has 4 rings (SSSR count). The summed E-state index contributed by atoms with van der Waals surface area (Å²) in [4.78, 5) is 14.9. The van der Waals surface area contributed by atoms with Gasteiger partial charge in [-0.1, -0.05) is 29.8 Å². The van der Waals surface area contributed by atoms with Gasteiger partial charge in [-0.3, -0.25) is 9.69 Å². The average molecular weight is 349 g/mol. The van der Waals surface area contributed by atoms with Crippen LogP contribution >= 0.6 is 0 Å². The SMILES string of the molecule is CC(C)=C1Oc2c3c(cc(C)c2C1=O)OCN(Cc1ccc(C)cc1)C3. The molecule has 0 saturated carbocycles. The lowest BCUT2D eigenvalue weighted by molar-refractivity contribution is 0.0871. The highest BCUT2D eigenvalue weighted by atomic mass is 16.5. The molecule has 0 aliphatic carbocycles. The van der Waals surface area contributed by atoms with Crippen molar-refractivity contribution in [2.24, 2.45) is 0 Å². The number of rotatable bonds is 2. The second-order valence-corrected chi connectivity index (χ2v) is 7.38. The maximum Gasteiger partial charge on any atom is 0.232 e. The highest BCUT2D eigenvalue weighted by Gasteiger charge is 2.35. The summed E-state index contributed by atoms with van der Waals surface area (Å²) in [5, 5.41) is 0. The van der Waals surface area contributed by atoms with E-state index in [1.165, 1.54) is 11.1 Å². The van der Waals surface area contributed by atoms with Gasteiger partial charge < -0.3 is 9.47 Å². The largest absolute Gasteiger partial charge is 0.478 e. The Bertz CT molecular complexity index is 921. The molecule has 26 heavy (non-hydrogen) atoms. The maximum absolute atomic E-state index is 12.7. The first kappa shape index (κ1) is 16.9. The number of nitrogens with zero attached hydrogens (tertiary/aromatic N) is 1. The summed E-state index contributed by atoms with van der Waals surface area (Å²) in [5.41, 5.74) is 5.95. The van der Waals surface area contributed by atoms with E-state index in [1.54, 1.807) is 0 Å². The van der Waals surface area contributed by atoms with Crippen LogP contribution in [0.15, 0.2) is 41.7 Å². The van der Waals surface area contributed by atoms with Crippen molar-refractivity contribution in [3.05, 3.63) is 69.5 Å².